The van der Waals surface area contributed by atoms with Crippen molar-refractivity contribution in [1.29, 1.82) is 0 Å². The van der Waals surface area contributed by atoms with E-state index in [2.05, 4.69) is 15.7 Å². The molecule has 140 valence electrons. The summed E-state index contributed by atoms with van der Waals surface area (Å²) in [6.45, 7) is 0.648. The van der Waals surface area contributed by atoms with Gasteiger partial charge in [-0.25, -0.2) is 0 Å². The SMILES string of the molecule is COc1ccc(NC(=S)Nc2cnn(Cc3ccc(Cl)cc3)c2)cc1OC. The van der Waals surface area contributed by atoms with E-state index < -0.39 is 0 Å². The lowest BCUT2D eigenvalue weighted by Crippen LogP contribution is -2.18. The molecule has 0 saturated heterocycles. The highest BCUT2D eigenvalue weighted by molar-refractivity contribution is 7.80. The van der Waals surface area contributed by atoms with Gasteiger partial charge in [0.15, 0.2) is 16.6 Å². The first kappa shape index (κ1) is 19.0. The van der Waals surface area contributed by atoms with Crippen LogP contribution in [0.3, 0.4) is 0 Å². The zero-order valence-electron chi connectivity index (χ0n) is 14.9. The molecule has 0 unspecified atom stereocenters. The number of hydrogen-bond donors (Lipinski definition) is 2. The minimum absolute atomic E-state index is 0.452. The van der Waals surface area contributed by atoms with Gasteiger partial charge in [-0.15, -0.1) is 0 Å². The predicted octanol–water partition coefficient (Wildman–Crippen LogP) is 4.41. The fourth-order valence-corrected chi connectivity index (χ4v) is 2.86. The van der Waals surface area contributed by atoms with Gasteiger partial charge >= 0.3 is 0 Å². The van der Waals surface area contributed by atoms with Crippen LogP contribution < -0.4 is 20.1 Å². The van der Waals surface area contributed by atoms with Crippen molar-refractivity contribution in [3.63, 3.8) is 0 Å². The highest BCUT2D eigenvalue weighted by Crippen LogP contribution is 2.29. The highest BCUT2D eigenvalue weighted by atomic mass is 35.5. The predicted molar refractivity (Wildman–Crippen MR) is 112 cm³/mol. The Kier molecular flexibility index (Phi) is 6.16. The smallest absolute Gasteiger partial charge is 0.175 e. The van der Waals surface area contributed by atoms with Gasteiger partial charge in [-0.3, -0.25) is 4.68 Å². The van der Waals surface area contributed by atoms with Crippen LogP contribution in [0, 0.1) is 0 Å². The van der Waals surface area contributed by atoms with Gasteiger partial charge in [-0.2, -0.15) is 5.10 Å². The molecule has 0 bridgehead atoms. The van der Waals surface area contributed by atoms with Crippen LogP contribution in [0.4, 0.5) is 11.4 Å². The summed E-state index contributed by atoms with van der Waals surface area (Å²) >= 11 is 11.3. The molecule has 2 aromatic carbocycles. The average Bonchev–Trinajstić information content (AvgIpc) is 3.10. The van der Waals surface area contributed by atoms with E-state index in [4.69, 9.17) is 33.3 Å². The quantitative estimate of drug-likeness (QED) is 0.595. The largest absolute Gasteiger partial charge is 0.493 e. The molecule has 0 atom stereocenters. The Hall–Kier alpha value is -2.77. The molecule has 0 aliphatic heterocycles. The maximum absolute atomic E-state index is 5.91. The minimum Gasteiger partial charge on any atom is -0.493 e. The van der Waals surface area contributed by atoms with Crippen molar-refractivity contribution in [3.05, 3.63) is 65.4 Å². The van der Waals surface area contributed by atoms with Crippen molar-refractivity contribution in [2.45, 2.75) is 6.54 Å². The van der Waals surface area contributed by atoms with Crippen molar-refractivity contribution in [1.82, 2.24) is 9.78 Å². The van der Waals surface area contributed by atoms with Crippen molar-refractivity contribution < 1.29 is 9.47 Å². The number of hydrogen-bond acceptors (Lipinski definition) is 4. The standard InChI is InChI=1S/C19H19ClN4O2S/c1-25-17-8-7-15(9-18(17)26-2)22-19(27)23-16-10-21-24(12-16)11-13-3-5-14(20)6-4-13/h3-10,12H,11H2,1-2H3,(H2,22,23,27). The Balaban J connectivity index is 1.60. The lowest BCUT2D eigenvalue weighted by Gasteiger charge is -2.12. The van der Waals surface area contributed by atoms with Gasteiger partial charge in [0.1, 0.15) is 0 Å². The minimum atomic E-state index is 0.452. The number of halogens is 1. The molecule has 0 saturated carbocycles. The van der Waals surface area contributed by atoms with E-state index in [-0.39, 0.29) is 0 Å². The second-order valence-corrected chi connectivity index (χ2v) is 6.55. The third-order valence-electron chi connectivity index (χ3n) is 3.79. The second-order valence-electron chi connectivity index (χ2n) is 5.70. The number of benzene rings is 2. The zero-order valence-corrected chi connectivity index (χ0v) is 16.5. The van der Waals surface area contributed by atoms with Crippen LogP contribution in [0.15, 0.2) is 54.9 Å². The maximum atomic E-state index is 5.91. The van der Waals surface area contributed by atoms with Crippen molar-refractivity contribution >= 4 is 40.3 Å². The van der Waals surface area contributed by atoms with Crippen LogP contribution in [0.5, 0.6) is 11.5 Å². The summed E-state index contributed by atoms with van der Waals surface area (Å²) in [5, 5.41) is 11.7. The Morgan fingerprint density at radius 3 is 2.44 bits per heavy atom. The molecule has 6 nitrogen and oxygen atoms in total. The molecule has 0 fully saturated rings. The number of anilines is 2. The van der Waals surface area contributed by atoms with Gasteiger partial charge in [0, 0.05) is 23.0 Å². The van der Waals surface area contributed by atoms with E-state index in [1.54, 1.807) is 20.4 Å². The van der Waals surface area contributed by atoms with Crippen molar-refractivity contribution in [2.75, 3.05) is 24.9 Å². The third-order valence-corrected chi connectivity index (χ3v) is 4.25. The summed E-state index contributed by atoms with van der Waals surface area (Å²) in [7, 11) is 3.19. The monoisotopic (exact) mass is 402 g/mol. The molecule has 0 aliphatic rings. The summed E-state index contributed by atoms with van der Waals surface area (Å²) in [5.74, 6) is 1.28. The molecular weight excluding hydrogens is 384 g/mol. The number of methoxy groups -OCH3 is 2. The van der Waals surface area contributed by atoms with E-state index in [1.807, 2.05) is 53.3 Å². The summed E-state index contributed by atoms with van der Waals surface area (Å²) in [6.07, 6.45) is 3.61. The van der Waals surface area contributed by atoms with Crippen LogP contribution in [0.25, 0.3) is 0 Å². The Bertz CT molecular complexity index is 928. The van der Waals surface area contributed by atoms with Gasteiger partial charge in [0.25, 0.3) is 0 Å². The molecule has 0 amide bonds. The van der Waals surface area contributed by atoms with Crippen LogP contribution >= 0.6 is 23.8 Å². The number of aromatic nitrogens is 2. The Labute approximate surface area is 168 Å². The first-order chi connectivity index (χ1) is 13.1. The lowest BCUT2D eigenvalue weighted by molar-refractivity contribution is 0.355. The molecule has 1 aromatic heterocycles. The first-order valence-electron chi connectivity index (χ1n) is 8.14. The number of thiocarbonyl (C=S) groups is 1. The molecule has 1 heterocycles. The van der Waals surface area contributed by atoms with Crippen molar-refractivity contribution in [2.24, 2.45) is 0 Å². The summed E-state index contributed by atoms with van der Waals surface area (Å²) < 4.78 is 12.3. The van der Waals surface area contributed by atoms with E-state index in [1.165, 1.54) is 0 Å². The van der Waals surface area contributed by atoms with Gasteiger partial charge in [-0.1, -0.05) is 23.7 Å². The molecular formula is C19H19ClN4O2S. The maximum Gasteiger partial charge on any atom is 0.175 e. The fraction of sp³-hybridized carbons (Fsp3) is 0.158. The number of nitrogens with zero attached hydrogens (tertiary/aromatic N) is 2. The normalized spacial score (nSPS) is 10.3. The van der Waals surface area contributed by atoms with Crippen LogP contribution in [-0.4, -0.2) is 29.1 Å². The lowest BCUT2D eigenvalue weighted by atomic mass is 10.2. The van der Waals surface area contributed by atoms with Crippen LogP contribution in [0.1, 0.15) is 5.56 Å². The molecule has 3 rings (SSSR count). The molecule has 8 heteroatoms. The first-order valence-corrected chi connectivity index (χ1v) is 8.93. The van der Waals surface area contributed by atoms with Crippen molar-refractivity contribution in [3.8, 4) is 11.5 Å². The Morgan fingerprint density at radius 1 is 1.04 bits per heavy atom. The molecule has 2 N–H and O–H groups in total. The van der Waals surface area contributed by atoms with E-state index in [0.717, 1.165) is 16.9 Å². The molecule has 0 spiro atoms. The average molecular weight is 403 g/mol. The van der Waals surface area contributed by atoms with Gasteiger partial charge in [-0.05, 0) is 42.0 Å². The molecule has 0 radical (unpaired) electrons. The van der Waals surface area contributed by atoms with Crippen LogP contribution in [0.2, 0.25) is 5.02 Å². The van der Waals surface area contributed by atoms with E-state index in [9.17, 15) is 0 Å². The summed E-state index contributed by atoms with van der Waals surface area (Å²) in [5.41, 5.74) is 2.70. The third kappa shape index (κ3) is 5.12. The van der Waals surface area contributed by atoms with Gasteiger partial charge < -0.3 is 20.1 Å². The molecule has 27 heavy (non-hydrogen) atoms. The summed E-state index contributed by atoms with van der Waals surface area (Å²) in [6, 6.07) is 13.2. The second kappa shape index (κ2) is 8.75. The highest BCUT2D eigenvalue weighted by Gasteiger charge is 2.07. The molecule has 3 aromatic rings. The topological polar surface area (TPSA) is 60.3 Å². The van der Waals surface area contributed by atoms with Gasteiger partial charge in [0.2, 0.25) is 0 Å². The van der Waals surface area contributed by atoms with E-state index >= 15 is 0 Å². The van der Waals surface area contributed by atoms with Crippen LogP contribution in [-0.2, 0) is 6.54 Å². The summed E-state index contributed by atoms with van der Waals surface area (Å²) in [4.78, 5) is 0. The molecule has 0 aliphatic carbocycles. The Morgan fingerprint density at radius 2 is 1.74 bits per heavy atom. The number of ether oxygens (including phenoxy) is 2. The van der Waals surface area contributed by atoms with Gasteiger partial charge in [0.05, 0.1) is 32.6 Å². The number of rotatable bonds is 6. The van der Waals surface area contributed by atoms with E-state index in [0.29, 0.717) is 28.2 Å². The number of nitrogens with one attached hydrogen (secondary N) is 2. The fourth-order valence-electron chi connectivity index (χ4n) is 2.50. The zero-order chi connectivity index (χ0) is 19.2.